The van der Waals surface area contributed by atoms with Crippen LogP contribution in [0.25, 0.3) is 0 Å². The minimum Gasteiger partial charge on any atom is -0.400 e. The number of hydrogen-bond donors (Lipinski definition) is 0. The zero-order valence-electron chi connectivity index (χ0n) is 5.89. The zero-order valence-corrected chi connectivity index (χ0v) is 7.80. The zero-order chi connectivity index (χ0) is 7.11. The van der Waals surface area contributed by atoms with Crippen LogP contribution in [0, 0.1) is 0 Å². The van der Waals surface area contributed by atoms with Gasteiger partial charge in [-0.2, -0.15) is 0 Å². The Morgan fingerprint density at radius 2 is 1.89 bits per heavy atom. The first-order valence-corrected chi connectivity index (χ1v) is 5.26. The van der Waals surface area contributed by atoms with Crippen molar-refractivity contribution in [1.82, 2.24) is 0 Å². The van der Waals surface area contributed by atoms with Gasteiger partial charge in [-0.25, -0.2) is 0 Å². The van der Waals surface area contributed by atoms with Crippen molar-refractivity contribution in [1.29, 1.82) is 0 Å². The lowest BCUT2D eigenvalue weighted by Crippen LogP contribution is -2.18. The van der Waals surface area contributed by atoms with Crippen molar-refractivity contribution in [2.75, 3.05) is 20.1 Å². The third kappa shape index (κ3) is 4.90. The molecule has 0 amide bonds. The molecule has 0 N–H and O–H groups in total. The summed E-state index contributed by atoms with van der Waals surface area (Å²) < 4.78 is 10.1. The third-order valence-corrected chi connectivity index (χ3v) is 3.30. The number of hydrogen-bond acceptors (Lipinski definition) is 2. The van der Waals surface area contributed by atoms with E-state index in [-0.39, 0.29) is 0 Å². The van der Waals surface area contributed by atoms with Gasteiger partial charge >= 0.3 is 9.28 Å². The van der Waals surface area contributed by atoms with E-state index >= 15 is 0 Å². The summed E-state index contributed by atoms with van der Waals surface area (Å²) in [5.41, 5.74) is 0. The summed E-state index contributed by atoms with van der Waals surface area (Å²) >= 11 is 5.47. The highest BCUT2D eigenvalue weighted by Gasteiger charge is 2.06. The first-order chi connectivity index (χ1) is 4.35. The highest BCUT2D eigenvalue weighted by molar-refractivity contribution is 6.44. The molecule has 56 valence electrons. The fourth-order valence-corrected chi connectivity index (χ4v) is 2.19. The standard InChI is InChI=1S/C5H13ClO2Si/c1-7-9(8-2)5-3-4-6/h9H,3-5H2,1-2H3. The molecular weight excluding hydrogens is 156 g/mol. The molecule has 0 unspecified atom stereocenters. The van der Waals surface area contributed by atoms with Crippen LogP contribution in [0.4, 0.5) is 0 Å². The van der Waals surface area contributed by atoms with Crippen LogP contribution in [0.15, 0.2) is 0 Å². The van der Waals surface area contributed by atoms with Crippen LogP contribution in [0.5, 0.6) is 0 Å². The minimum atomic E-state index is -1.29. The van der Waals surface area contributed by atoms with Crippen molar-refractivity contribution in [2.24, 2.45) is 0 Å². The highest BCUT2D eigenvalue weighted by atomic mass is 35.5. The molecule has 0 bridgehead atoms. The van der Waals surface area contributed by atoms with Gasteiger partial charge in [-0.05, 0) is 12.5 Å². The van der Waals surface area contributed by atoms with Crippen LogP contribution < -0.4 is 0 Å². The molecule has 4 heteroatoms. The van der Waals surface area contributed by atoms with E-state index in [2.05, 4.69) is 0 Å². The van der Waals surface area contributed by atoms with Gasteiger partial charge < -0.3 is 8.85 Å². The maximum atomic E-state index is 5.47. The predicted octanol–water partition coefficient (Wildman–Crippen LogP) is 1.13. The van der Waals surface area contributed by atoms with E-state index < -0.39 is 9.28 Å². The Bertz CT molecular complexity index is 58.9. The molecule has 0 saturated carbocycles. The lowest BCUT2D eigenvalue weighted by atomic mass is 10.6. The molecule has 0 aliphatic heterocycles. The molecule has 0 aromatic carbocycles. The molecule has 0 radical (unpaired) electrons. The molecule has 0 spiro atoms. The van der Waals surface area contributed by atoms with Crippen molar-refractivity contribution in [3.05, 3.63) is 0 Å². The maximum absolute atomic E-state index is 5.47. The first kappa shape index (κ1) is 9.43. The molecule has 0 aromatic heterocycles. The Morgan fingerprint density at radius 1 is 1.33 bits per heavy atom. The molecule has 0 fully saturated rings. The first-order valence-electron chi connectivity index (χ1n) is 2.96. The van der Waals surface area contributed by atoms with Crippen LogP contribution in [0.3, 0.4) is 0 Å². The Labute approximate surface area is 63.0 Å². The molecule has 2 nitrogen and oxygen atoms in total. The second kappa shape index (κ2) is 6.55. The molecule has 0 saturated heterocycles. The third-order valence-electron chi connectivity index (χ3n) is 1.10. The Kier molecular flexibility index (Phi) is 6.86. The number of alkyl halides is 1. The molecular formula is C5H13ClO2Si. The lowest BCUT2D eigenvalue weighted by Gasteiger charge is -2.08. The highest BCUT2D eigenvalue weighted by Crippen LogP contribution is 1.99. The van der Waals surface area contributed by atoms with Crippen LogP contribution in [-0.2, 0) is 8.85 Å². The average molecular weight is 169 g/mol. The van der Waals surface area contributed by atoms with E-state index in [1.54, 1.807) is 14.2 Å². The molecule has 9 heavy (non-hydrogen) atoms. The summed E-state index contributed by atoms with van der Waals surface area (Å²) in [6.07, 6.45) is 1.00. The van der Waals surface area contributed by atoms with Crippen molar-refractivity contribution in [3.8, 4) is 0 Å². The maximum Gasteiger partial charge on any atom is 0.320 e. The van der Waals surface area contributed by atoms with E-state index in [1.807, 2.05) is 0 Å². The Morgan fingerprint density at radius 3 is 2.22 bits per heavy atom. The van der Waals surface area contributed by atoms with E-state index in [1.165, 1.54) is 0 Å². The Balaban J connectivity index is 3.09. The fourth-order valence-electron chi connectivity index (χ4n) is 0.576. The van der Waals surface area contributed by atoms with Gasteiger partial charge in [0.05, 0.1) is 0 Å². The number of halogens is 1. The average Bonchev–Trinajstić information content (AvgIpc) is 1.91. The lowest BCUT2D eigenvalue weighted by molar-refractivity contribution is 0.277. The normalized spacial score (nSPS) is 10.7. The largest absolute Gasteiger partial charge is 0.400 e. The van der Waals surface area contributed by atoms with Crippen molar-refractivity contribution >= 4 is 20.9 Å². The van der Waals surface area contributed by atoms with Crippen molar-refractivity contribution in [3.63, 3.8) is 0 Å². The van der Waals surface area contributed by atoms with Gasteiger partial charge in [-0.1, -0.05) is 0 Å². The number of rotatable bonds is 5. The summed E-state index contributed by atoms with van der Waals surface area (Å²) in [5, 5.41) is 0. The topological polar surface area (TPSA) is 18.5 Å². The van der Waals surface area contributed by atoms with Gasteiger partial charge in [0.1, 0.15) is 0 Å². The molecule has 0 aliphatic carbocycles. The molecule has 0 aromatic rings. The predicted molar refractivity (Wildman–Crippen MR) is 41.3 cm³/mol. The smallest absolute Gasteiger partial charge is 0.320 e. The second-order valence-electron chi connectivity index (χ2n) is 1.73. The van der Waals surface area contributed by atoms with E-state index in [4.69, 9.17) is 20.5 Å². The van der Waals surface area contributed by atoms with Gasteiger partial charge in [0.25, 0.3) is 0 Å². The van der Waals surface area contributed by atoms with Gasteiger partial charge in [0, 0.05) is 20.1 Å². The van der Waals surface area contributed by atoms with Crippen LogP contribution >= 0.6 is 11.6 Å². The van der Waals surface area contributed by atoms with Crippen molar-refractivity contribution < 1.29 is 8.85 Å². The van der Waals surface area contributed by atoms with Crippen LogP contribution in [0.2, 0.25) is 6.04 Å². The van der Waals surface area contributed by atoms with E-state index in [0.29, 0.717) is 5.88 Å². The van der Waals surface area contributed by atoms with E-state index in [9.17, 15) is 0 Å². The van der Waals surface area contributed by atoms with Crippen molar-refractivity contribution in [2.45, 2.75) is 12.5 Å². The summed E-state index contributed by atoms with van der Waals surface area (Å²) in [7, 11) is 2.08. The molecule has 0 aliphatic rings. The summed E-state index contributed by atoms with van der Waals surface area (Å²) in [6, 6.07) is 1.01. The molecule has 0 rings (SSSR count). The second-order valence-corrected chi connectivity index (χ2v) is 4.49. The fraction of sp³-hybridized carbons (Fsp3) is 1.00. The van der Waals surface area contributed by atoms with Gasteiger partial charge in [0.2, 0.25) is 0 Å². The summed E-state index contributed by atoms with van der Waals surface area (Å²) in [4.78, 5) is 0. The molecule has 0 atom stereocenters. The SMILES string of the molecule is CO[SiH](CCCCl)OC. The molecule has 0 heterocycles. The minimum absolute atomic E-state index is 0.705. The van der Waals surface area contributed by atoms with Crippen LogP contribution in [0.1, 0.15) is 6.42 Å². The summed E-state index contributed by atoms with van der Waals surface area (Å²) in [6.45, 7) is 0. The monoisotopic (exact) mass is 168 g/mol. The van der Waals surface area contributed by atoms with Gasteiger partial charge in [-0.3, -0.25) is 0 Å². The van der Waals surface area contributed by atoms with Gasteiger partial charge in [-0.15, -0.1) is 11.6 Å². The van der Waals surface area contributed by atoms with Gasteiger partial charge in [0.15, 0.2) is 0 Å². The summed E-state index contributed by atoms with van der Waals surface area (Å²) in [5.74, 6) is 0.705. The Hall–Kier alpha value is 0.427. The quantitative estimate of drug-likeness (QED) is 0.453. The van der Waals surface area contributed by atoms with Crippen LogP contribution in [-0.4, -0.2) is 29.4 Å². The van der Waals surface area contributed by atoms with E-state index in [0.717, 1.165) is 12.5 Å².